The predicted molar refractivity (Wildman–Crippen MR) is 100 cm³/mol. The number of amides is 1. The molecule has 3 rings (SSSR count). The first-order valence-corrected chi connectivity index (χ1v) is 8.47. The lowest BCUT2D eigenvalue weighted by Gasteiger charge is -2.09. The van der Waals surface area contributed by atoms with Gasteiger partial charge < -0.3 is 9.84 Å². The molecule has 2 aromatic carbocycles. The van der Waals surface area contributed by atoms with Gasteiger partial charge in [-0.15, -0.1) is 0 Å². The molecule has 134 valence electrons. The molecule has 6 nitrogen and oxygen atoms in total. The fraction of sp³-hybridized carbons (Fsp3) is 0.158. The SMILES string of the molecule is C[C@@H](O)Cc1nn(-c2ccccc2)c(NC(=O)Oc2ccccc2)c1Cl. The van der Waals surface area contributed by atoms with Crippen molar-refractivity contribution in [2.24, 2.45) is 0 Å². The number of para-hydroxylation sites is 2. The van der Waals surface area contributed by atoms with Crippen LogP contribution in [0, 0.1) is 0 Å². The smallest absolute Gasteiger partial charge is 0.410 e. The highest BCUT2D eigenvalue weighted by Crippen LogP contribution is 2.30. The van der Waals surface area contributed by atoms with Gasteiger partial charge in [-0.2, -0.15) is 5.10 Å². The van der Waals surface area contributed by atoms with E-state index in [0.717, 1.165) is 5.69 Å². The number of benzene rings is 2. The number of aliphatic hydroxyl groups excluding tert-OH is 1. The zero-order chi connectivity index (χ0) is 18.5. The zero-order valence-corrected chi connectivity index (χ0v) is 14.8. The summed E-state index contributed by atoms with van der Waals surface area (Å²) < 4.78 is 6.78. The molecule has 0 radical (unpaired) electrons. The highest BCUT2D eigenvalue weighted by Gasteiger charge is 2.21. The maximum Gasteiger partial charge on any atom is 0.418 e. The van der Waals surface area contributed by atoms with Crippen LogP contribution < -0.4 is 10.1 Å². The molecular formula is C19H18ClN3O3. The van der Waals surface area contributed by atoms with Crippen molar-refractivity contribution < 1.29 is 14.6 Å². The Morgan fingerprint density at radius 2 is 1.81 bits per heavy atom. The Balaban J connectivity index is 1.91. The highest BCUT2D eigenvalue weighted by atomic mass is 35.5. The number of halogens is 1. The van der Waals surface area contributed by atoms with E-state index < -0.39 is 12.2 Å². The van der Waals surface area contributed by atoms with Crippen LogP contribution in [0.5, 0.6) is 5.75 Å². The van der Waals surface area contributed by atoms with Crippen LogP contribution in [0.1, 0.15) is 12.6 Å². The normalized spacial score (nSPS) is 11.8. The van der Waals surface area contributed by atoms with E-state index in [1.807, 2.05) is 36.4 Å². The van der Waals surface area contributed by atoms with Crippen LogP contribution in [0.3, 0.4) is 0 Å². The number of nitrogens with one attached hydrogen (secondary N) is 1. The second kappa shape index (κ2) is 8.03. The zero-order valence-electron chi connectivity index (χ0n) is 14.1. The lowest BCUT2D eigenvalue weighted by atomic mass is 10.2. The topological polar surface area (TPSA) is 76.4 Å². The Bertz CT molecular complexity index is 880. The summed E-state index contributed by atoms with van der Waals surface area (Å²) in [6, 6.07) is 18.0. The van der Waals surface area contributed by atoms with E-state index >= 15 is 0 Å². The lowest BCUT2D eigenvalue weighted by molar-refractivity contribution is 0.194. The third kappa shape index (κ3) is 4.22. The number of hydrogen-bond acceptors (Lipinski definition) is 4. The summed E-state index contributed by atoms with van der Waals surface area (Å²) in [5.74, 6) is 0.700. The summed E-state index contributed by atoms with van der Waals surface area (Å²) in [5.41, 5.74) is 1.21. The molecule has 26 heavy (non-hydrogen) atoms. The second-order valence-corrected chi connectivity index (χ2v) is 6.12. The summed E-state index contributed by atoms with van der Waals surface area (Å²) >= 11 is 6.41. The predicted octanol–water partition coefficient (Wildman–Crippen LogP) is 4.06. The van der Waals surface area contributed by atoms with Crippen molar-refractivity contribution in [3.8, 4) is 11.4 Å². The van der Waals surface area contributed by atoms with Crippen molar-refractivity contribution in [1.29, 1.82) is 0 Å². The van der Waals surface area contributed by atoms with E-state index in [2.05, 4.69) is 10.4 Å². The van der Waals surface area contributed by atoms with Gasteiger partial charge in [0.2, 0.25) is 0 Å². The van der Waals surface area contributed by atoms with Gasteiger partial charge in [0.15, 0.2) is 5.82 Å². The number of carbonyl (C=O) groups excluding carboxylic acids is 1. The third-order valence-corrected chi connectivity index (χ3v) is 3.95. The molecule has 0 aliphatic carbocycles. The van der Waals surface area contributed by atoms with E-state index in [1.54, 1.807) is 31.2 Å². The summed E-state index contributed by atoms with van der Waals surface area (Å²) in [4.78, 5) is 12.3. The Labute approximate surface area is 156 Å². The summed E-state index contributed by atoms with van der Waals surface area (Å²) in [5, 5.41) is 17.0. The van der Waals surface area contributed by atoms with Crippen LogP contribution in [0.25, 0.3) is 5.69 Å². The first-order chi connectivity index (χ1) is 12.5. The molecule has 0 unspecified atom stereocenters. The minimum absolute atomic E-state index is 0.264. The third-order valence-electron chi connectivity index (χ3n) is 3.56. The van der Waals surface area contributed by atoms with Crippen molar-refractivity contribution in [1.82, 2.24) is 9.78 Å². The maximum atomic E-state index is 12.3. The van der Waals surface area contributed by atoms with Crippen LogP contribution >= 0.6 is 11.6 Å². The van der Waals surface area contributed by atoms with E-state index in [1.165, 1.54) is 4.68 Å². The molecule has 1 aromatic heterocycles. The standard InChI is InChI=1S/C19H18ClN3O3/c1-13(24)12-16-17(20)18(23(22-16)14-8-4-2-5-9-14)21-19(25)26-15-10-6-3-7-11-15/h2-11,13,24H,12H2,1H3,(H,21,25)/t13-/m1/s1. The monoisotopic (exact) mass is 371 g/mol. The highest BCUT2D eigenvalue weighted by molar-refractivity contribution is 6.34. The minimum Gasteiger partial charge on any atom is -0.410 e. The number of rotatable bonds is 5. The van der Waals surface area contributed by atoms with Crippen LogP contribution in [0.4, 0.5) is 10.6 Å². The van der Waals surface area contributed by atoms with E-state index in [4.69, 9.17) is 16.3 Å². The van der Waals surface area contributed by atoms with Gasteiger partial charge in [0.05, 0.1) is 17.5 Å². The van der Waals surface area contributed by atoms with E-state index in [0.29, 0.717) is 11.4 Å². The first kappa shape index (κ1) is 18.0. The van der Waals surface area contributed by atoms with Gasteiger partial charge in [0, 0.05) is 6.42 Å². The summed E-state index contributed by atoms with van der Waals surface area (Å²) in [6.45, 7) is 1.65. The number of nitrogens with zero attached hydrogens (tertiary/aromatic N) is 2. The quantitative estimate of drug-likeness (QED) is 0.709. The summed E-state index contributed by atoms with van der Waals surface area (Å²) in [7, 11) is 0. The number of carbonyl (C=O) groups is 1. The minimum atomic E-state index is -0.682. The van der Waals surface area contributed by atoms with Crippen LogP contribution in [0.2, 0.25) is 5.02 Å². The molecular weight excluding hydrogens is 354 g/mol. The van der Waals surface area contributed by atoms with Crippen LogP contribution in [-0.4, -0.2) is 27.1 Å². The number of aliphatic hydroxyl groups is 1. The largest absolute Gasteiger partial charge is 0.418 e. The van der Waals surface area contributed by atoms with Gasteiger partial charge in [-0.25, -0.2) is 9.48 Å². The Morgan fingerprint density at radius 1 is 1.19 bits per heavy atom. The van der Waals surface area contributed by atoms with Crippen LogP contribution in [-0.2, 0) is 6.42 Å². The van der Waals surface area contributed by atoms with Gasteiger partial charge in [0.25, 0.3) is 0 Å². The van der Waals surface area contributed by atoms with E-state index in [9.17, 15) is 9.90 Å². The average molecular weight is 372 g/mol. The number of hydrogen-bond donors (Lipinski definition) is 2. The molecule has 0 bridgehead atoms. The van der Waals surface area contributed by atoms with Crippen molar-refractivity contribution in [3.63, 3.8) is 0 Å². The number of anilines is 1. The molecule has 3 aromatic rings. The fourth-order valence-corrected chi connectivity index (χ4v) is 2.68. The van der Waals surface area contributed by atoms with Crippen molar-refractivity contribution in [3.05, 3.63) is 71.4 Å². The van der Waals surface area contributed by atoms with Gasteiger partial charge in [-0.05, 0) is 31.2 Å². The molecule has 7 heteroatoms. The van der Waals surface area contributed by atoms with E-state index in [-0.39, 0.29) is 17.3 Å². The van der Waals surface area contributed by atoms with Gasteiger partial charge in [-0.3, -0.25) is 5.32 Å². The fourth-order valence-electron chi connectivity index (χ4n) is 2.44. The number of ether oxygens (including phenoxy) is 1. The molecule has 0 spiro atoms. The van der Waals surface area contributed by atoms with Crippen molar-refractivity contribution >= 4 is 23.5 Å². The number of aromatic nitrogens is 2. The molecule has 1 amide bonds. The molecule has 0 aliphatic rings. The van der Waals surface area contributed by atoms with Gasteiger partial charge in [-0.1, -0.05) is 48.0 Å². The van der Waals surface area contributed by atoms with Gasteiger partial charge >= 0.3 is 6.09 Å². The molecule has 0 aliphatic heterocycles. The Morgan fingerprint density at radius 3 is 2.42 bits per heavy atom. The van der Waals surface area contributed by atoms with Crippen molar-refractivity contribution in [2.45, 2.75) is 19.4 Å². The molecule has 0 saturated carbocycles. The van der Waals surface area contributed by atoms with Gasteiger partial charge in [0.1, 0.15) is 10.8 Å². The average Bonchev–Trinajstić information content (AvgIpc) is 2.92. The Hall–Kier alpha value is -2.83. The molecule has 2 N–H and O–H groups in total. The van der Waals surface area contributed by atoms with Crippen LogP contribution in [0.15, 0.2) is 60.7 Å². The maximum absolute atomic E-state index is 12.3. The summed E-state index contributed by atoms with van der Waals surface area (Å²) in [6.07, 6.45) is -1.03. The molecule has 1 heterocycles. The van der Waals surface area contributed by atoms with Crippen molar-refractivity contribution in [2.75, 3.05) is 5.32 Å². The lowest BCUT2D eigenvalue weighted by Crippen LogP contribution is -2.19. The Kier molecular flexibility index (Phi) is 5.55. The second-order valence-electron chi connectivity index (χ2n) is 5.74. The molecule has 0 fully saturated rings. The molecule has 1 atom stereocenters. The molecule has 0 saturated heterocycles. The first-order valence-electron chi connectivity index (χ1n) is 8.09.